The van der Waals surface area contributed by atoms with Crippen molar-refractivity contribution in [1.29, 1.82) is 0 Å². The van der Waals surface area contributed by atoms with Gasteiger partial charge in [0.25, 0.3) is 11.8 Å². The van der Waals surface area contributed by atoms with Crippen molar-refractivity contribution in [2.24, 2.45) is 0 Å². The molecule has 0 bridgehead atoms. The van der Waals surface area contributed by atoms with Gasteiger partial charge in [-0.25, -0.2) is 8.78 Å². The molecule has 1 aliphatic carbocycles. The molecule has 2 amide bonds. The molecule has 3 aromatic rings. The molecule has 0 radical (unpaired) electrons. The third-order valence-corrected chi connectivity index (χ3v) is 6.67. The van der Waals surface area contributed by atoms with Gasteiger partial charge in [0.15, 0.2) is 6.61 Å². The summed E-state index contributed by atoms with van der Waals surface area (Å²) in [4.78, 5) is 30.6. The molecule has 5 nitrogen and oxygen atoms in total. The van der Waals surface area contributed by atoms with E-state index in [0.29, 0.717) is 5.56 Å². The molecule has 180 valence electrons. The quantitative estimate of drug-likeness (QED) is 0.452. The van der Waals surface area contributed by atoms with Gasteiger partial charge in [-0.2, -0.15) is 0 Å². The molecule has 1 saturated carbocycles. The highest BCUT2D eigenvalue weighted by atomic mass is 19.1. The zero-order chi connectivity index (χ0) is 24.4. The molecule has 35 heavy (non-hydrogen) atoms. The Bertz CT molecular complexity index is 1240. The normalized spacial score (nSPS) is 17.8. The van der Waals surface area contributed by atoms with Crippen LogP contribution in [-0.2, 0) is 9.59 Å². The van der Waals surface area contributed by atoms with Crippen LogP contribution in [0.2, 0.25) is 0 Å². The number of amides is 2. The molecule has 1 heterocycles. The van der Waals surface area contributed by atoms with Crippen molar-refractivity contribution < 1.29 is 23.1 Å². The van der Waals surface area contributed by atoms with E-state index in [2.05, 4.69) is 0 Å². The zero-order valence-electron chi connectivity index (χ0n) is 19.2. The summed E-state index contributed by atoms with van der Waals surface area (Å²) >= 11 is 0. The summed E-state index contributed by atoms with van der Waals surface area (Å²) in [5.74, 6) is -1.55. The Morgan fingerprint density at radius 2 is 1.63 bits per heavy atom. The average Bonchev–Trinajstić information content (AvgIpc) is 3.15. The van der Waals surface area contributed by atoms with Gasteiger partial charge in [0.05, 0.1) is 0 Å². The van der Waals surface area contributed by atoms with Crippen LogP contribution in [0, 0.1) is 11.6 Å². The van der Waals surface area contributed by atoms with E-state index in [-0.39, 0.29) is 23.4 Å². The highest BCUT2D eigenvalue weighted by Gasteiger charge is 2.45. The topological polar surface area (TPSA) is 49.9 Å². The van der Waals surface area contributed by atoms with Crippen LogP contribution in [-0.4, -0.2) is 24.5 Å². The second-order valence-corrected chi connectivity index (χ2v) is 8.95. The van der Waals surface area contributed by atoms with Crippen LogP contribution in [0.15, 0.2) is 72.8 Å². The SMILES string of the molecule is O=C1C(N(C(=O)COc2cccc(F)c2)c2cccc(F)c2)c2ccccc2N1C1CCCCC1. The smallest absolute Gasteiger partial charge is 0.265 e. The first-order chi connectivity index (χ1) is 17.0. The van der Waals surface area contributed by atoms with Crippen LogP contribution in [0.1, 0.15) is 43.7 Å². The van der Waals surface area contributed by atoms with Crippen LogP contribution < -0.4 is 14.5 Å². The first kappa shape index (κ1) is 23.0. The van der Waals surface area contributed by atoms with Crippen LogP contribution in [0.3, 0.4) is 0 Å². The number of hydrogen-bond donors (Lipinski definition) is 0. The minimum absolute atomic E-state index is 0.0652. The Balaban J connectivity index is 1.51. The van der Waals surface area contributed by atoms with E-state index >= 15 is 0 Å². The Kier molecular flexibility index (Phi) is 6.49. The number of anilines is 2. The molecular weight excluding hydrogens is 450 g/mol. The lowest BCUT2D eigenvalue weighted by molar-refractivity contribution is -0.125. The third-order valence-electron chi connectivity index (χ3n) is 6.67. The van der Waals surface area contributed by atoms with Gasteiger partial charge < -0.3 is 9.64 Å². The van der Waals surface area contributed by atoms with Gasteiger partial charge in [-0.3, -0.25) is 14.5 Å². The number of para-hydroxylation sites is 1. The summed E-state index contributed by atoms with van der Waals surface area (Å²) in [5, 5.41) is 0. The van der Waals surface area contributed by atoms with Gasteiger partial charge in [0, 0.05) is 29.0 Å². The standard InChI is InChI=1S/C28H26F2N2O3/c29-19-8-6-12-22(16-19)32(26(33)18-35-23-13-7-9-20(30)17-23)27-24-14-4-5-15-25(24)31(28(27)34)21-10-2-1-3-11-21/h4-9,12-17,21,27H,1-3,10-11,18H2. The number of benzene rings is 3. The second kappa shape index (κ2) is 9.86. The fourth-order valence-corrected chi connectivity index (χ4v) is 5.12. The molecule has 0 N–H and O–H groups in total. The van der Waals surface area contributed by atoms with Crippen molar-refractivity contribution in [2.75, 3.05) is 16.4 Å². The van der Waals surface area contributed by atoms with Gasteiger partial charge in [0.2, 0.25) is 0 Å². The summed E-state index contributed by atoms with van der Waals surface area (Å²) in [7, 11) is 0. The van der Waals surface area contributed by atoms with E-state index in [0.717, 1.165) is 37.8 Å². The maximum Gasteiger partial charge on any atom is 0.265 e. The Labute approximate surface area is 202 Å². The van der Waals surface area contributed by atoms with E-state index in [1.165, 1.54) is 41.3 Å². The van der Waals surface area contributed by atoms with Crippen molar-refractivity contribution in [3.63, 3.8) is 0 Å². The molecule has 0 aromatic heterocycles. The largest absolute Gasteiger partial charge is 0.484 e. The molecule has 3 aromatic carbocycles. The highest BCUT2D eigenvalue weighted by molar-refractivity contribution is 6.12. The van der Waals surface area contributed by atoms with Crippen LogP contribution >= 0.6 is 0 Å². The summed E-state index contributed by atoms with van der Waals surface area (Å²) in [6.07, 6.45) is 5.06. The molecule has 7 heteroatoms. The Hall–Kier alpha value is -3.74. The molecule has 2 aliphatic rings. The van der Waals surface area contributed by atoms with Crippen molar-refractivity contribution in [1.82, 2.24) is 0 Å². The molecule has 1 atom stereocenters. The molecule has 0 spiro atoms. The summed E-state index contributed by atoms with van der Waals surface area (Å²) in [5.41, 5.74) is 1.75. The number of halogens is 2. The van der Waals surface area contributed by atoms with Gasteiger partial charge in [-0.1, -0.05) is 49.6 Å². The van der Waals surface area contributed by atoms with Gasteiger partial charge in [0.1, 0.15) is 23.4 Å². The maximum absolute atomic E-state index is 14.2. The van der Waals surface area contributed by atoms with Crippen LogP contribution in [0.5, 0.6) is 5.75 Å². The number of nitrogens with zero attached hydrogens (tertiary/aromatic N) is 2. The molecule has 5 rings (SSSR count). The predicted molar refractivity (Wildman–Crippen MR) is 129 cm³/mol. The number of rotatable bonds is 6. The molecule has 1 aliphatic heterocycles. The minimum atomic E-state index is -0.946. The lowest BCUT2D eigenvalue weighted by atomic mass is 9.94. The van der Waals surface area contributed by atoms with E-state index < -0.39 is 30.2 Å². The molecular formula is C28H26F2N2O3. The van der Waals surface area contributed by atoms with Crippen molar-refractivity contribution in [2.45, 2.75) is 44.2 Å². The van der Waals surface area contributed by atoms with Gasteiger partial charge in [-0.15, -0.1) is 0 Å². The monoisotopic (exact) mass is 476 g/mol. The van der Waals surface area contributed by atoms with Crippen molar-refractivity contribution in [3.05, 3.63) is 90.0 Å². The lowest BCUT2D eigenvalue weighted by Gasteiger charge is -2.33. The number of ether oxygens (including phenoxy) is 1. The Morgan fingerprint density at radius 3 is 2.37 bits per heavy atom. The lowest BCUT2D eigenvalue weighted by Crippen LogP contribution is -2.46. The summed E-state index contributed by atoms with van der Waals surface area (Å²) in [6.45, 7) is -0.435. The number of carbonyl (C=O) groups is 2. The first-order valence-corrected chi connectivity index (χ1v) is 11.9. The van der Waals surface area contributed by atoms with Crippen LogP contribution in [0.4, 0.5) is 20.2 Å². The van der Waals surface area contributed by atoms with Gasteiger partial charge >= 0.3 is 0 Å². The fraction of sp³-hybridized carbons (Fsp3) is 0.286. The van der Waals surface area contributed by atoms with Gasteiger partial charge in [-0.05, 0) is 49.2 Å². The predicted octanol–water partition coefficient (Wildman–Crippen LogP) is 5.80. The Morgan fingerprint density at radius 1 is 0.914 bits per heavy atom. The van der Waals surface area contributed by atoms with E-state index in [4.69, 9.17) is 4.74 Å². The van der Waals surface area contributed by atoms with Crippen molar-refractivity contribution >= 4 is 23.2 Å². The average molecular weight is 477 g/mol. The number of fused-ring (bicyclic) bond motifs is 1. The van der Waals surface area contributed by atoms with Crippen LogP contribution in [0.25, 0.3) is 0 Å². The van der Waals surface area contributed by atoms with Crippen molar-refractivity contribution in [3.8, 4) is 5.75 Å². The van der Waals surface area contributed by atoms with E-state index in [9.17, 15) is 18.4 Å². The fourth-order valence-electron chi connectivity index (χ4n) is 5.12. The highest BCUT2D eigenvalue weighted by Crippen LogP contribution is 2.44. The minimum Gasteiger partial charge on any atom is -0.484 e. The summed E-state index contributed by atoms with van der Waals surface area (Å²) < 4.78 is 33.4. The molecule has 1 fully saturated rings. The molecule has 1 unspecified atom stereocenters. The first-order valence-electron chi connectivity index (χ1n) is 11.9. The number of hydrogen-bond acceptors (Lipinski definition) is 3. The van der Waals surface area contributed by atoms with E-state index in [1.807, 2.05) is 29.2 Å². The zero-order valence-corrected chi connectivity index (χ0v) is 19.2. The number of carbonyl (C=O) groups excluding carboxylic acids is 2. The van der Waals surface area contributed by atoms with E-state index in [1.54, 1.807) is 12.1 Å². The molecule has 0 saturated heterocycles. The third kappa shape index (κ3) is 4.63. The maximum atomic E-state index is 14.2. The summed E-state index contributed by atoms with van der Waals surface area (Å²) in [6, 6.07) is 17.7. The second-order valence-electron chi connectivity index (χ2n) is 8.95.